The second kappa shape index (κ2) is 10.0. The summed E-state index contributed by atoms with van der Waals surface area (Å²) in [5.41, 5.74) is 5.47. The van der Waals surface area contributed by atoms with Crippen LogP contribution in [0.3, 0.4) is 0 Å². The van der Waals surface area contributed by atoms with Crippen LogP contribution in [0.1, 0.15) is 11.1 Å². The summed E-state index contributed by atoms with van der Waals surface area (Å²) in [4.78, 5) is 16.6. The Balaban J connectivity index is 1.39. The molecule has 2 fully saturated rings. The number of urea groups is 1. The van der Waals surface area contributed by atoms with Crippen molar-refractivity contribution in [3.8, 4) is 11.1 Å². The van der Waals surface area contributed by atoms with Crippen LogP contribution in [-0.4, -0.2) is 54.2 Å². The number of hydrogen-bond acceptors (Lipinski definition) is 4. The second-order valence-electron chi connectivity index (χ2n) is 10.1. The molecule has 38 heavy (non-hydrogen) atoms. The number of anilines is 1. The predicted octanol–water partition coefficient (Wildman–Crippen LogP) is 4.28. The summed E-state index contributed by atoms with van der Waals surface area (Å²) in [6.45, 7) is 1.33. The Hall–Kier alpha value is -3.47. The number of nitrogens with two attached hydrogens (primary N) is 1. The molecule has 3 aromatic carbocycles. The summed E-state index contributed by atoms with van der Waals surface area (Å²) < 4.78 is 56.1. The molecule has 2 aliphatic rings. The van der Waals surface area contributed by atoms with Crippen molar-refractivity contribution in [2.75, 3.05) is 38.5 Å². The number of likely N-dealkylation sites (tertiary alicyclic amines) is 2. The molecule has 6 nitrogen and oxygen atoms in total. The number of amides is 2. The van der Waals surface area contributed by atoms with Gasteiger partial charge in [-0.25, -0.2) is 22.4 Å². The third kappa shape index (κ3) is 4.63. The van der Waals surface area contributed by atoms with Gasteiger partial charge in [-0.1, -0.05) is 36.4 Å². The van der Waals surface area contributed by atoms with Crippen molar-refractivity contribution in [2.24, 2.45) is 17.6 Å². The van der Waals surface area contributed by atoms with Crippen LogP contribution in [0.2, 0.25) is 0 Å². The molecule has 2 amide bonds. The Morgan fingerprint density at radius 2 is 1.55 bits per heavy atom. The maximum Gasteiger partial charge on any atom is 0.321 e. The minimum Gasteiger partial charge on any atom is -0.384 e. The third-order valence-electron chi connectivity index (χ3n) is 7.63. The highest BCUT2D eigenvalue weighted by atomic mass is 19.2. The van der Waals surface area contributed by atoms with Crippen LogP contribution in [0.4, 0.5) is 28.0 Å². The van der Waals surface area contributed by atoms with E-state index in [1.807, 2.05) is 7.05 Å². The van der Waals surface area contributed by atoms with Crippen LogP contribution >= 0.6 is 0 Å². The number of nitrogens with one attached hydrogen (secondary N) is 1. The Bertz CT molecular complexity index is 1330. The van der Waals surface area contributed by atoms with E-state index in [-0.39, 0.29) is 48.3 Å². The van der Waals surface area contributed by atoms with E-state index in [9.17, 15) is 27.5 Å². The van der Waals surface area contributed by atoms with Crippen LogP contribution in [0.15, 0.2) is 54.6 Å². The monoisotopic (exact) mass is 528 g/mol. The van der Waals surface area contributed by atoms with Gasteiger partial charge in [-0.05, 0) is 30.3 Å². The molecular formula is C28H28F4N4O2. The summed E-state index contributed by atoms with van der Waals surface area (Å²) in [6.07, 6.45) is 0. The molecule has 4 N–H and O–H groups in total. The lowest BCUT2D eigenvalue weighted by atomic mass is 9.66. The van der Waals surface area contributed by atoms with Gasteiger partial charge < -0.3 is 26.0 Å². The van der Waals surface area contributed by atoms with Gasteiger partial charge in [0.05, 0.1) is 0 Å². The zero-order valence-electron chi connectivity index (χ0n) is 20.7. The third-order valence-corrected chi connectivity index (χ3v) is 7.63. The van der Waals surface area contributed by atoms with E-state index < -0.39 is 34.9 Å². The largest absolute Gasteiger partial charge is 0.384 e. The Kier molecular flexibility index (Phi) is 6.89. The van der Waals surface area contributed by atoms with E-state index in [0.717, 1.165) is 18.2 Å². The number of rotatable bonds is 4. The van der Waals surface area contributed by atoms with Crippen molar-refractivity contribution >= 4 is 11.7 Å². The number of nitrogens with zero attached hydrogens (tertiary/aromatic N) is 2. The van der Waals surface area contributed by atoms with Gasteiger partial charge in [0.15, 0.2) is 11.6 Å². The summed E-state index contributed by atoms with van der Waals surface area (Å²) in [5.74, 6) is -4.27. The lowest BCUT2D eigenvalue weighted by Crippen LogP contribution is -2.65. The average molecular weight is 529 g/mol. The summed E-state index contributed by atoms with van der Waals surface area (Å²) in [5, 5.41) is 14.5. The SMILES string of the molecule is CN1CC2CN(C(=O)Nc3cc(F)cc(F)c3)CC(C1)C2(O)c1ccc(-c2ccc(CN)c(F)c2F)cc1. The van der Waals surface area contributed by atoms with Gasteiger partial charge in [0, 0.05) is 67.4 Å². The van der Waals surface area contributed by atoms with Crippen molar-refractivity contribution in [2.45, 2.75) is 12.1 Å². The van der Waals surface area contributed by atoms with E-state index >= 15 is 0 Å². The van der Waals surface area contributed by atoms with E-state index in [4.69, 9.17) is 5.73 Å². The Labute approximate surface area is 217 Å². The first-order valence-electron chi connectivity index (χ1n) is 12.3. The molecule has 2 bridgehead atoms. The molecule has 0 aliphatic carbocycles. The molecule has 2 heterocycles. The minimum absolute atomic E-state index is 0.00867. The van der Waals surface area contributed by atoms with Crippen LogP contribution < -0.4 is 11.1 Å². The number of carbonyl (C=O) groups is 1. The van der Waals surface area contributed by atoms with Crippen molar-refractivity contribution < 1.29 is 27.5 Å². The molecule has 0 radical (unpaired) electrons. The topological polar surface area (TPSA) is 81.8 Å². The molecular weight excluding hydrogens is 500 g/mol. The van der Waals surface area contributed by atoms with E-state index in [2.05, 4.69) is 10.2 Å². The van der Waals surface area contributed by atoms with Gasteiger partial charge in [0.25, 0.3) is 0 Å². The molecule has 2 atom stereocenters. The number of aliphatic hydroxyl groups is 1. The van der Waals surface area contributed by atoms with Crippen molar-refractivity contribution in [1.82, 2.24) is 9.80 Å². The lowest BCUT2D eigenvalue weighted by molar-refractivity contribution is -0.153. The van der Waals surface area contributed by atoms with Crippen molar-refractivity contribution in [3.05, 3.63) is 89.0 Å². The maximum absolute atomic E-state index is 14.6. The van der Waals surface area contributed by atoms with Gasteiger partial charge in [0.2, 0.25) is 0 Å². The van der Waals surface area contributed by atoms with Gasteiger partial charge in [-0.2, -0.15) is 0 Å². The molecule has 2 saturated heterocycles. The second-order valence-corrected chi connectivity index (χ2v) is 10.1. The Morgan fingerprint density at radius 1 is 0.947 bits per heavy atom. The fraction of sp³-hybridized carbons (Fsp3) is 0.321. The molecule has 0 saturated carbocycles. The number of fused-ring (bicyclic) bond motifs is 2. The molecule has 10 heteroatoms. The maximum atomic E-state index is 14.6. The van der Waals surface area contributed by atoms with E-state index in [1.54, 1.807) is 29.2 Å². The highest BCUT2D eigenvalue weighted by molar-refractivity contribution is 5.89. The number of piperidine rings is 2. The van der Waals surface area contributed by atoms with Crippen LogP contribution in [0, 0.1) is 35.1 Å². The van der Waals surface area contributed by atoms with Crippen LogP contribution in [-0.2, 0) is 12.1 Å². The van der Waals surface area contributed by atoms with E-state index in [1.165, 1.54) is 12.1 Å². The average Bonchev–Trinajstić information content (AvgIpc) is 2.86. The first-order valence-corrected chi connectivity index (χ1v) is 12.3. The van der Waals surface area contributed by atoms with Crippen LogP contribution in [0.5, 0.6) is 0 Å². The molecule has 2 aliphatic heterocycles. The van der Waals surface area contributed by atoms with Gasteiger partial charge >= 0.3 is 6.03 Å². The number of carbonyl (C=O) groups excluding carboxylic acids is 1. The number of hydrogen-bond donors (Lipinski definition) is 3. The Morgan fingerprint density at radius 3 is 2.13 bits per heavy atom. The number of halogens is 4. The first kappa shape index (κ1) is 26.1. The molecule has 5 rings (SSSR count). The quantitative estimate of drug-likeness (QED) is 0.442. The summed E-state index contributed by atoms with van der Waals surface area (Å²) in [6, 6.07) is 11.9. The highest BCUT2D eigenvalue weighted by Crippen LogP contribution is 2.45. The van der Waals surface area contributed by atoms with Crippen molar-refractivity contribution in [1.29, 1.82) is 0 Å². The molecule has 200 valence electrons. The lowest BCUT2D eigenvalue weighted by Gasteiger charge is -2.55. The zero-order chi connectivity index (χ0) is 27.2. The van der Waals surface area contributed by atoms with Gasteiger partial charge in [-0.15, -0.1) is 0 Å². The molecule has 0 aromatic heterocycles. The highest BCUT2D eigenvalue weighted by Gasteiger charge is 2.53. The molecule has 0 spiro atoms. The minimum atomic E-state index is -1.26. The summed E-state index contributed by atoms with van der Waals surface area (Å²) in [7, 11) is 1.94. The van der Waals surface area contributed by atoms with E-state index in [0.29, 0.717) is 24.2 Å². The van der Waals surface area contributed by atoms with Gasteiger partial charge in [0.1, 0.15) is 17.2 Å². The van der Waals surface area contributed by atoms with Crippen molar-refractivity contribution in [3.63, 3.8) is 0 Å². The molecule has 3 aromatic rings. The standard InChI is InChI=1S/C28H28F4N4O2/c1-35-12-19-14-36(27(37)34-23-9-21(29)8-22(30)10-23)15-20(13-35)28(19,38)18-5-2-16(3-6-18)24-7-4-17(11-33)25(31)26(24)32/h2-10,19-20,38H,11-15,33H2,1H3,(H,34,37). The predicted molar refractivity (Wildman–Crippen MR) is 135 cm³/mol. The normalized spacial score (nSPS) is 23.4. The summed E-state index contributed by atoms with van der Waals surface area (Å²) >= 11 is 0. The van der Waals surface area contributed by atoms with Gasteiger partial charge in [-0.3, -0.25) is 0 Å². The molecule has 2 unspecified atom stereocenters. The fourth-order valence-electron chi connectivity index (χ4n) is 5.79. The number of benzene rings is 3. The first-order chi connectivity index (χ1) is 18.1. The van der Waals surface area contributed by atoms with Crippen LogP contribution in [0.25, 0.3) is 11.1 Å². The fourth-order valence-corrected chi connectivity index (χ4v) is 5.79. The zero-order valence-corrected chi connectivity index (χ0v) is 20.7. The smallest absolute Gasteiger partial charge is 0.321 e.